The molecule has 0 saturated heterocycles. The standard InChI is InChI=1S/C19H27NO5/c1-13(2)20(14(3)4)18(21)12-25-19(22)10-8-15-7-9-16(23-5)11-17(15)24-6/h7-11,13-14H,12H2,1-6H3/b10-8+. The molecule has 138 valence electrons. The lowest BCUT2D eigenvalue weighted by Gasteiger charge is -2.30. The van der Waals surface area contributed by atoms with Crippen molar-refractivity contribution in [1.82, 2.24) is 4.90 Å². The first kappa shape index (κ1) is 20.5. The van der Waals surface area contributed by atoms with E-state index in [0.29, 0.717) is 17.1 Å². The smallest absolute Gasteiger partial charge is 0.331 e. The zero-order valence-electron chi connectivity index (χ0n) is 15.7. The van der Waals surface area contributed by atoms with Crippen molar-refractivity contribution in [2.45, 2.75) is 39.8 Å². The minimum Gasteiger partial charge on any atom is -0.497 e. The zero-order chi connectivity index (χ0) is 19.0. The largest absolute Gasteiger partial charge is 0.497 e. The highest BCUT2D eigenvalue weighted by molar-refractivity contribution is 5.89. The second-order valence-corrected chi connectivity index (χ2v) is 6.04. The predicted octanol–water partition coefficient (Wildman–Crippen LogP) is 2.91. The highest BCUT2D eigenvalue weighted by Gasteiger charge is 2.20. The molecule has 1 amide bonds. The molecule has 0 unspecified atom stereocenters. The van der Waals surface area contributed by atoms with Gasteiger partial charge < -0.3 is 19.1 Å². The number of carbonyl (C=O) groups is 2. The van der Waals surface area contributed by atoms with Gasteiger partial charge in [0.05, 0.1) is 14.2 Å². The third-order valence-corrected chi connectivity index (χ3v) is 3.58. The summed E-state index contributed by atoms with van der Waals surface area (Å²) in [5.41, 5.74) is 0.706. The summed E-state index contributed by atoms with van der Waals surface area (Å²) in [6.07, 6.45) is 2.85. The molecule has 1 aromatic carbocycles. The average molecular weight is 349 g/mol. The number of nitrogens with zero attached hydrogens (tertiary/aromatic N) is 1. The molecule has 0 aliphatic rings. The van der Waals surface area contributed by atoms with Crippen LogP contribution in [0.4, 0.5) is 0 Å². The fraction of sp³-hybridized carbons (Fsp3) is 0.474. The van der Waals surface area contributed by atoms with Crippen LogP contribution in [0.25, 0.3) is 6.08 Å². The minimum atomic E-state index is -0.585. The Morgan fingerprint density at radius 3 is 2.24 bits per heavy atom. The molecule has 6 nitrogen and oxygen atoms in total. The van der Waals surface area contributed by atoms with Gasteiger partial charge in [-0.3, -0.25) is 4.79 Å². The normalized spacial score (nSPS) is 11.0. The van der Waals surface area contributed by atoms with Crippen LogP contribution in [-0.2, 0) is 14.3 Å². The molecule has 0 atom stereocenters. The Balaban J connectivity index is 2.68. The summed E-state index contributed by atoms with van der Waals surface area (Å²) in [6.45, 7) is 7.43. The summed E-state index contributed by atoms with van der Waals surface area (Å²) in [5, 5.41) is 0. The van der Waals surface area contributed by atoms with Crippen LogP contribution in [0.3, 0.4) is 0 Å². The van der Waals surface area contributed by atoms with Crippen molar-refractivity contribution in [2.75, 3.05) is 20.8 Å². The van der Waals surface area contributed by atoms with Gasteiger partial charge in [-0.2, -0.15) is 0 Å². The fourth-order valence-electron chi connectivity index (χ4n) is 2.54. The van der Waals surface area contributed by atoms with Gasteiger partial charge >= 0.3 is 5.97 Å². The van der Waals surface area contributed by atoms with Gasteiger partial charge in [0, 0.05) is 29.8 Å². The number of methoxy groups -OCH3 is 2. The summed E-state index contributed by atoms with van der Waals surface area (Å²) in [5.74, 6) is 0.433. The van der Waals surface area contributed by atoms with Gasteiger partial charge in [-0.05, 0) is 45.9 Å². The lowest BCUT2D eigenvalue weighted by molar-refractivity contribution is -0.150. The van der Waals surface area contributed by atoms with Crippen molar-refractivity contribution in [1.29, 1.82) is 0 Å². The maximum Gasteiger partial charge on any atom is 0.331 e. The molecule has 0 spiro atoms. The third kappa shape index (κ3) is 6.14. The van der Waals surface area contributed by atoms with E-state index in [1.54, 1.807) is 36.3 Å². The highest BCUT2D eigenvalue weighted by Crippen LogP contribution is 2.25. The quantitative estimate of drug-likeness (QED) is 0.533. The van der Waals surface area contributed by atoms with Crippen LogP contribution in [0.1, 0.15) is 33.3 Å². The molecule has 1 rings (SSSR count). The van der Waals surface area contributed by atoms with Crippen molar-refractivity contribution in [2.24, 2.45) is 0 Å². The topological polar surface area (TPSA) is 65.1 Å². The number of rotatable bonds is 8. The second-order valence-electron chi connectivity index (χ2n) is 6.04. The Kier molecular flexibility index (Phi) is 7.98. The minimum absolute atomic E-state index is 0.0466. The molecular formula is C19H27NO5. The van der Waals surface area contributed by atoms with E-state index < -0.39 is 5.97 Å². The SMILES string of the molecule is COc1ccc(/C=C/C(=O)OCC(=O)N(C(C)C)C(C)C)c(OC)c1. The summed E-state index contributed by atoms with van der Waals surface area (Å²) in [4.78, 5) is 25.7. The van der Waals surface area contributed by atoms with E-state index in [2.05, 4.69) is 0 Å². The van der Waals surface area contributed by atoms with E-state index in [-0.39, 0.29) is 24.6 Å². The first-order valence-electron chi connectivity index (χ1n) is 8.18. The van der Waals surface area contributed by atoms with Crippen LogP contribution in [-0.4, -0.2) is 49.7 Å². The van der Waals surface area contributed by atoms with Crippen molar-refractivity contribution in [3.8, 4) is 11.5 Å². The van der Waals surface area contributed by atoms with E-state index in [0.717, 1.165) is 0 Å². The van der Waals surface area contributed by atoms with Gasteiger partial charge in [0.25, 0.3) is 5.91 Å². The van der Waals surface area contributed by atoms with Crippen molar-refractivity contribution in [3.63, 3.8) is 0 Å². The Bertz CT molecular complexity index is 614. The molecule has 0 radical (unpaired) electrons. The molecule has 0 bridgehead atoms. The summed E-state index contributed by atoms with van der Waals surface area (Å²) in [7, 11) is 3.10. The predicted molar refractivity (Wildman–Crippen MR) is 96.7 cm³/mol. The van der Waals surface area contributed by atoms with Crippen molar-refractivity contribution in [3.05, 3.63) is 29.8 Å². The Morgan fingerprint density at radius 2 is 1.72 bits per heavy atom. The molecule has 6 heteroatoms. The number of hydrogen-bond donors (Lipinski definition) is 0. The monoisotopic (exact) mass is 349 g/mol. The van der Waals surface area contributed by atoms with Crippen LogP contribution < -0.4 is 9.47 Å². The molecule has 0 fully saturated rings. The lowest BCUT2D eigenvalue weighted by atomic mass is 10.2. The first-order chi connectivity index (χ1) is 11.8. The van der Waals surface area contributed by atoms with Gasteiger partial charge in [0.1, 0.15) is 11.5 Å². The number of ether oxygens (including phenoxy) is 3. The van der Waals surface area contributed by atoms with Crippen LogP contribution in [0.15, 0.2) is 24.3 Å². The Labute approximate surface area is 149 Å². The maximum atomic E-state index is 12.2. The number of hydrogen-bond acceptors (Lipinski definition) is 5. The van der Waals surface area contributed by atoms with E-state index in [9.17, 15) is 9.59 Å². The van der Waals surface area contributed by atoms with Crippen molar-refractivity contribution < 1.29 is 23.8 Å². The van der Waals surface area contributed by atoms with Gasteiger partial charge in [-0.25, -0.2) is 4.79 Å². The number of amides is 1. The van der Waals surface area contributed by atoms with E-state index in [1.165, 1.54) is 13.2 Å². The van der Waals surface area contributed by atoms with Gasteiger partial charge in [0.15, 0.2) is 6.61 Å². The molecule has 25 heavy (non-hydrogen) atoms. The maximum absolute atomic E-state index is 12.2. The lowest BCUT2D eigenvalue weighted by Crippen LogP contribution is -2.44. The van der Waals surface area contributed by atoms with E-state index in [4.69, 9.17) is 14.2 Å². The Hall–Kier alpha value is -2.50. The molecule has 1 aromatic rings. The summed E-state index contributed by atoms with van der Waals surface area (Å²) >= 11 is 0. The number of esters is 1. The molecule has 0 heterocycles. The average Bonchev–Trinajstić information content (AvgIpc) is 2.57. The molecule has 0 aliphatic carbocycles. The first-order valence-corrected chi connectivity index (χ1v) is 8.18. The van der Waals surface area contributed by atoms with Crippen LogP contribution >= 0.6 is 0 Å². The summed E-state index contributed by atoms with van der Waals surface area (Å²) in [6, 6.07) is 5.35. The van der Waals surface area contributed by atoms with Gasteiger partial charge in [-0.15, -0.1) is 0 Å². The molecular weight excluding hydrogens is 322 g/mol. The van der Waals surface area contributed by atoms with Crippen LogP contribution in [0.2, 0.25) is 0 Å². The molecule has 0 aromatic heterocycles. The Morgan fingerprint density at radius 1 is 1.08 bits per heavy atom. The number of carbonyl (C=O) groups excluding carboxylic acids is 2. The van der Waals surface area contributed by atoms with Gasteiger partial charge in [-0.1, -0.05) is 0 Å². The highest BCUT2D eigenvalue weighted by atomic mass is 16.5. The van der Waals surface area contributed by atoms with Crippen LogP contribution in [0.5, 0.6) is 11.5 Å². The molecule has 0 saturated carbocycles. The number of benzene rings is 1. The van der Waals surface area contributed by atoms with Gasteiger partial charge in [0.2, 0.25) is 0 Å². The molecule has 0 aliphatic heterocycles. The third-order valence-electron chi connectivity index (χ3n) is 3.58. The fourth-order valence-corrected chi connectivity index (χ4v) is 2.54. The van der Waals surface area contributed by atoms with Crippen molar-refractivity contribution >= 4 is 18.0 Å². The summed E-state index contributed by atoms with van der Waals surface area (Å²) < 4.78 is 15.4. The van der Waals surface area contributed by atoms with Crippen LogP contribution in [0, 0.1) is 0 Å². The second kappa shape index (κ2) is 9.71. The zero-order valence-corrected chi connectivity index (χ0v) is 15.7. The van der Waals surface area contributed by atoms with E-state index >= 15 is 0 Å². The van der Waals surface area contributed by atoms with E-state index in [1.807, 2.05) is 27.7 Å². The molecule has 0 N–H and O–H groups in total.